The lowest BCUT2D eigenvalue weighted by Crippen LogP contribution is -2.53. The van der Waals surface area contributed by atoms with Crippen LogP contribution in [0, 0.1) is 0 Å². The molecule has 24 heavy (non-hydrogen) atoms. The van der Waals surface area contributed by atoms with Gasteiger partial charge in [0.05, 0.1) is 12.2 Å². The zero-order valence-corrected chi connectivity index (χ0v) is 13.5. The quantitative estimate of drug-likeness (QED) is 0.800. The Balaban J connectivity index is 2.04. The highest BCUT2D eigenvalue weighted by Gasteiger charge is 2.50. The van der Waals surface area contributed by atoms with Crippen LogP contribution in [-0.4, -0.2) is 16.9 Å². The summed E-state index contributed by atoms with van der Waals surface area (Å²) in [5.41, 5.74) is 4.66. The van der Waals surface area contributed by atoms with Gasteiger partial charge in [0, 0.05) is 5.56 Å². The largest absolute Gasteiger partial charge is 0.475 e. The van der Waals surface area contributed by atoms with Crippen LogP contribution in [0.15, 0.2) is 54.6 Å². The number of benzene rings is 2. The lowest BCUT2D eigenvalue weighted by Gasteiger charge is -2.29. The van der Waals surface area contributed by atoms with Crippen molar-refractivity contribution in [3.8, 4) is 0 Å². The van der Waals surface area contributed by atoms with Gasteiger partial charge in [-0.1, -0.05) is 61.9 Å². The Hall–Kier alpha value is -2.66. The summed E-state index contributed by atoms with van der Waals surface area (Å²) in [6, 6.07) is 17.4. The van der Waals surface area contributed by atoms with Crippen molar-refractivity contribution in [1.29, 1.82) is 0 Å². The van der Waals surface area contributed by atoms with Crippen molar-refractivity contribution in [2.45, 2.75) is 31.8 Å². The second-order valence-electron chi connectivity index (χ2n) is 5.99. The summed E-state index contributed by atoms with van der Waals surface area (Å²) in [4.78, 5) is 24.0. The van der Waals surface area contributed by atoms with Crippen molar-refractivity contribution in [3.63, 3.8) is 0 Å². The van der Waals surface area contributed by atoms with Crippen LogP contribution in [0.3, 0.4) is 0 Å². The lowest BCUT2D eigenvalue weighted by molar-refractivity contribution is -0.152. The van der Waals surface area contributed by atoms with E-state index in [0.29, 0.717) is 19.4 Å². The van der Waals surface area contributed by atoms with Crippen molar-refractivity contribution >= 4 is 17.4 Å². The topological polar surface area (TPSA) is 69.6 Å². The maximum Gasteiger partial charge on any atom is 0.374 e. The Bertz CT molecular complexity index is 760. The number of carbonyl (C=O) groups excluding carboxylic acids is 1. The van der Waals surface area contributed by atoms with Gasteiger partial charge in [-0.2, -0.15) is 0 Å². The molecule has 3 rings (SSSR count). The predicted molar refractivity (Wildman–Crippen MR) is 91.4 cm³/mol. The van der Waals surface area contributed by atoms with E-state index in [1.165, 1.54) is 0 Å². The minimum atomic E-state index is -1.41. The molecule has 1 unspecified atom stereocenters. The maximum atomic E-state index is 12.5. The van der Waals surface area contributed by atoms with Crippen LogP contribution >= 0.6 is 0 Å². The van der Waals surface area contributed by atoms with E-state index < -0.39 is 17.3 Å². The molecule has 1 heterocycles. The average Bonchev–Trinajstić information content (AvgIpc) is 2.90. The van der Waals surface area contributed by atoms with E-state index in [2.05, 4.69) is 5.43 Å². The van der Waals surface area contributed by atoms with E-state index in [9.17, 15) is 14.7 Å². The minimum absolute atomic E-state index is 0.431. The molecule has 124 valence electrons. The van der Waals surface area contributed by atoms with Crippen molar-refractivity contribution in [1.82, 2.24) is 5.43 Å². The van der Waals surface area contributed by atoms with Gasteiger partial charge in [0.25, 0.3) is 5.78 Å². The highest BCUT2D eigenvalue weighted by molar-refractivity contribution is 6.36. The molecule has 0 radical (unpaired) electrons. The molecule has 0 aliphatic carbocycles. The fourth-order valence-corrected chi connectivity index (χ4v) is 3.35. The molecule has 0 saturated carbocycles. The van der Waals surface area contributed by atoms with E-state index in [0.717, 1.165) is 16.8 Å². The van der Waals surface area contributed by atoms with Crippen LogP contribution in [0.4, 0.5) is 5.69 Å². The summed E-state index contributed by atoms with van der Waals surface area (Å²) >= 11 is 0. The van der Waals surface area contributed by atoms with E-state index in [-0.39, 0.29) is 0 Å². The number of fused-ring (bicyclic) bond motifs is 1. The number of ketones is 1. The molecular formula is C19H20N2O3. The molecular weight excluding hydrogens is 304 g/mol. The number of aliphatic carboxylic acids is 1. The van der Waals surface area contributed by atoms with E-state index >= 15 is 0 Å². The molecule has 5 heteroatoms. The molecule has 0 spiro atoms. The molecule has 0 saturated heterocycles. The number of carboxylic acid groups (broad SMARTS) is 1. The standard InChI is InChI=1S/C19H20N2O3/c1-2-12-19(17(22)18(23)24)15-10-6-7-11-16(15)21(20-19)13-14-8-4-3-5-9-14/h3-11,20H,2,12-13H2,1H3,(H,23,24). The van der Waals surface area contributed by atoms with Gasteiger partial charge in [0.2, 0.25) is 0 Å². The first kappa shape index (κ1) is 16.2. The van der Waals surface area contributed by atoms with Gasteiger partial charge in [-0.25, -0.2) is 10.2 Å². The van der Waals surface area contributed by atoms with Gasteiger partial charge in [-0.05, 0) is 18.1 Å². The number of anilines is 1. The number of nitrogens with one attached hydrogen (secondary N) is 1. The summed E-state index contributed by atoms with van der Waals surface area (Å²) in [7, 11) is 0. The first-order chi connectivity index (χ1) is 11.6. The lowest BCUT2D eigenvalue weighted by atomic mass is 9.82. The van der Waals surface area contributed by atoms with Crippen LogP contribution in [0.25, 0.3) is 0 Å². The number of hydrazine groups is 1. The van der Waals surface area contributed by atoms with Crippen LogP contribution in [0.2, 0.25) is 0 Å². The first-order valence-electron chi connectivity index (χ1n) is 8.05. The Labute approximate surface area is 140 Å². The Kier molecular flexibility index (Phi) is 4.36. The third-order valence-corrected chi connectivity index (χ3v) is 4.37. The zero-order valence-electron chi connectivity index (χ0n) is 13.5. The smallest absolute Gasteiger partial charge is 0.374 e. The fourth-order valence-electron chi connectivity index (χ4n) is 3.35. The Morgan fingerprint density at radius 1 is 1.08 bits per heavy atom. The summed E-state index contributed by atoms with van der Waals surface area (Å²) in [6.45, 7) is 2.50. The molecule has 2 aromatic rings. The van der Waals surface area contributed by atoms with Gasteiger partial charge < -0.3 is 10.1 Å². The van der Waals surface area contributed by atoms with Crippen LogP contribution in [0.1, 0.15) is 30.9 Å². The van der Waals surface area contributed by atoms with Gasteiger partial charge >= 0.3 is 5.97 Å². The summed E-state index contributed by atoms with van der Waals surface area (Å²) in [5, 5.41) is 11.2. The molecule has 5 nitrogen and oxygen atoms in total. The SMILES string of the molecule is CCCC1(C(=O)C(=O)O)NN(Cc2ccccc2)c2ccccc21. The van der Waals surface area contributed by atoms with Gasteiger partial charge in [-0.15, -0.1) is 0 Å². The molecule has 0 amide bonds. The minimum Gasteiger partial charge on any atom is -0.475 e. The molecule has 0 fully saturated rings. The summed E-state index contributed by atoms with van der Waals surface area (Å²) in [6.07, 6.45) is 1.12. The highest BCUT2D eigenvalue weighted by Crippen LogP contribution is 2.41. The number of carboxylic acids is 1. The Morgan fingerprint density at radius 3 is 2.42 bits per heavy atom. The highest BCUT2D eigenvalue weighted by atomic mass is 16.4. The normalized spacial score (nSPS) is 19.1. The number of rotatable bonds is 6. The second kappa shape index (κ2) is 6.45. The maximum absolute atomic E-state index is 12.5. The number of hydrogen-bond donors (Lipinski definition) is 2. The van der Waals surface area contributed by atoms with Crippen LogP contribution in [-0.2, 0) is 21.7 Å². The number of hydrogen-bond acceptors (Lipinski definition) is 4. The second-order valence-corrected chi connectivity index (χ2v) is 5.99. The molecule has 2 N–H and O–H groups in total. The Morgan fingerprint density at radius 2 is 1.75 bits per heavy atom. The van der Waals surface area contributed by atoms with Crippen molar-refractivity contribution < 1.29 is 14.7 Å². The van der Waals surface area contributed by atoms with Crippen LogP contribution in [0.5, 0.6) is 0 Å². The molecule has 1 aliphatic heterocycles. The van der Waals surface area contributed by atoms with Crippen molar-refractivity contribution in [2.75, 3.05) is 5.01 Å². The fraction of sp³-hybridized carbons (Fsp3) is 0.263. The molecule has 1 aliphatic rings. The van der Waals surface area contributed by atoms with Crippen LogP contribution < -0.4 is 10.4 Å². The number of nitrogens with zero attached hydrogens (tertiary/aromatic N) is 1. The van der Waals surface area contributed by atoms with E-state index in [4.69, 9.17) is 0 Å². The number of para-hydroxylation sites is 1. The number of carbonyl (C=O) groups is 2. The molecule has 0 aromatic heterocycles. The number of Topliss-reactive ketones (excluding diaryl/α,β-unsaturated/α-hetero) is 1. The monoisotopic (exact) mass is 324 g/mol. The van der Waals surface area contributed by atoms with Crippen molar-refractivity contribution in [3.05, 3.63) is 65.7 Å². The molecule has 2 aromatic carbocycles. The van der Waals surface area contributed by atoms with Gasteiger partial charge in [0.1, 0.15) is 5.54 Å². The van der Waals surface area contributed by atoms with E-state index in [1.54, 1.807) is 0 Å². The third kappa shape index (κ3) is 2.67. The average molecular weight is 324 g/mol. The molecule has 1 atom stereocenters. The van der Waals surface area contributed by atoms with E-state index in [1.807, 2.05) is 66.5 Å². The summed E-state index contributed by atoms with van der Waals surface area (Å²) in [5.74, 6) is -2.22. The zero-order chi connectivity index (χ0) is 17.2. The van der Waals surface area contributed by atoms with Gasteiger partial charge in [-0.3, -0.25) is 4.79 Å². The summed E-state index contributed by atoms with van der Waals surface area (Å²) < 4.78 is 0. The van der Waals surface area contributed by atoms with Crippen molar-refractivity contribution in [2.24, 2.45) is 0 Å². The first-order valence-corrected chi connectivity index (χ1v) is 8.05. The predicted octanol–water partition coefficient (Wildman–Crippen LogP) is 2.86. The molecule has 0 bridgehead atoms. The van der Waals surface area contributed by atoms with Gasteiger partial charge in [0.15, 0.2) is 0 Å². The third-order valence-electron chi connectivity index (χ3n) is 4.37.